The summed E-state index contributed by atoms with van der Waals surface area (Å²) in [5, 5.41) is 4.94. The van der Waals surface area contributed by atoms with Crippen molar-refractivity contribution in [2.45, 2.75) is 31.1 Å². The molecule has 1 aliphatic rings. The average molecular weight is 271 g/mol. The fraction of sp³-hybridized carbons (Fsp3) is 0.889. The predicted octanol–water partition coefficient (Wildman–Crippen LogP) is -0.290. The smallest absolute Gasteiger partial charge is 0.238 e. The molecule has 1 amide bonds. The van der Waals surface area contributed by atoms with Crippen LogP contribution in [0.4, 0.5) is 0 Å². The fourth-order valence-electron chi connectivity index (χ4n) is 1.49. The van der Waals surface area contributed by atoms with E-state index in [9.17, 15) is 13.2 Å². The Morgan fingerprint density at radius 1 is 1.50 bits per heavy atom. The maximum absolute atomic E-state index is 11.5. The van der Waals surface area contributed by atoms with Crippen molar-refractivity contribution in [3.05, 3.63) is 0 Å². The molecule has 0 aliphatic carbocycles. The van der Waals surface area contributed by atoms with E-state index < -0.39 is 21.0 Å². The SMILES string of the molecule is CC(C(=O)N[C@H]1CCCNC1)S(C)(=O)=O.Cl. The molecule has 0 saturated carbocycles. The number of hydrogen-bond donors (Lipinski definition) is 2. The Bertz CT molecular complexity index is 326. The van der Waals surface area contributed by atoms with Gasteiger partial charge in [-0.15, -0.1) is 12.4 Å². The van der Waals surface area contributed by atoms with Crippen LogP contribution < -0.4 is 10.6 Å². The van der Waals surface area contributed by atoms with Crippen LogP contribution in [0.1, 0.15) is 19.8 Å². The summed E-state index contributed by atoms with van der Waals surface area (Å²) in [6.45, 7) is 3.11. The maximum Gasteiger partial charge on any atom is 0.238 e. The molecule has 7 heteroatoms. The summed E-state index contributed by atoms with van der Waals surface area (Å²) >= 11 is 0. The lowest BCUT2D eigenvalue weighted by Gasteiger charge is -2.24. The Labute approximate surface area is 103 Å². The van der Waals surface area contributed by atoms with Gasteiger partial charge < -0.3 is 10.6 Å². The number of carbonyl (C=O) groups is 1. The summed E-state index contributed by atoms with van der Waals surface area (Å²) in [5.74, 6) is -0.397. The monoisotopic (exact) mass is 270 g/mol. The third kappa shape index (κ3) is 4.67. The minimum Gasteiger partial charge on any atom is -0.351 e. The Kier molecular flexibility index (Phi) is 6.28. The molecule has 0 aromatic heterocycles. The first kappa shape index (κ1) is 15.7. The molecule has 1 heterocycles. The Hall–Kier alpha value is -0.330. The van der Waals surface area contributed by atoms with Gasteiger partial charge in [0.05, 0.1) is 0 Å². The van der Waals surface area contributed by atoms with Gasteiger partial charge >= 0.3 is 0 Å². The second-order valence-corrected chi connectivity index (χ2v) is 6.39. The first-order valence-corrected chi connectivity index (χ1v) is 7.06. The molecule has 0 aromatic carbocycles. The fourth-order valence-corrected chi connectivity index (χ4v) is 1.94. The number of hydrogen-bond acceptors (Lipinski definition) is 4. The second-order valence-electron chi connectivity index (χ2n) is 4.02. The predicted molar refractivity (Wildman–Crippen MR) is 65.6 cm³/mol. The van der Waals surface area contributed by atoms with Crippen LogP contribution in [-0.4, -0.2) is 45.0 Å². The molecule has 0 radical (unpaired) electrons. The van der Waals surface area contributed by atoms with E-state index in [0.29, 0.717) is 0 Å². The molecule has 5 nitrogen and oxygen atoms in total. The van der Waals surface area contributed by atoms with Gasteiger partial charge in [-0.05, 0) is 26.3 Å². The lowest BCUT2D eigenvalue weighted by atomic mass is 10.1. The molecule has 1 saturated heterocycles. The molecule has 2 atom stereocenters. The van der Waals surface area contributed by atoms with E-state index in [1.807, 2.05) is 0 Å². The first-order valence-electron chi connectivity index (χ1n) is 5.11. The largest absolute Gasteiger partial charge is 0.351 e. The van der Waals surface area contributed by atoms with Gasteiger partial charge in [-0.3, -0.25) is 4.79 Å². The van der Waals surface area contributed by atoms with Crippen LogP contribution in [0.5, 0.6) is 0 Å². The summed E-state index contributed by atoms with van der Waals surface area (Å²) in [7, 11) is -3.29. The lowest BCUT2D eigenvalue weighted by molar-refractivity contribution is -0.121. The summed E-state index contributed by atoms with van der Waals surface area (Å²) in [5.41, 5.74) is 0. The summed E-state index contributed by atoms with van der Waals surface area (Å²) in [4.78, 5) is 11.5. The van der Waals surface area contributed by atoms with Gasteiger partial charge in [-0.1, -0.05) is 0 Å². The van der Waals surface area contributed by atoms with Crippen LogP contribution in [0.25, 0.3) is 0 Å². The molecule has 16 heavy (non-hydrogen) atoms. The highest BCUT2D eigenvalue weighted by molar-refractivity contribution is 7.92. The zero-order valence-electron chi connectivity index (χ0n) is 9.52. The van der Waals surface area contributed by atoms with Crippen LogP contribution >= 0.6 is 12.4 Å². The van der Waals surface area contributed by atoms with Gasteiger partial charge in [-0.25, -0.2) is 8.42 Å². The first-order chi connectivity index (χ1) is 6.91. The lowest BCUT2D eigenvalue weighted by Crippen LogP contribution is -2.49. The van der Waals surface area contributed by atoms with Crippen molar-refractivity contribution in [1.82, 2.24) is 10.6 Å². The van der Waals surface area contributed by atoms with Crippen LogP contribution in [0.3, 0.4) is 0 Å². The third-order valence-corrected chi connectivity index (χ3v) is 4.15. The van der Waals surface area contributed by atoms with Crippen LogP contribution in [0, 0.1) is 0 Å². The zero-order chi connectivity index (χ0) is 11.5. The molecule has 1 rings (SSSR count). The van der Waals surface area contributed by atoms with Crippen molar-refractivity contribution in [3.63, 3.8) is 0 Å². The number of amides is 1. The van der Waals surface area contributed by atoms with Crippen molar-refractivity contribution < 1.29 is 13.2 Å². The van der Waals surface area contributed by atoms with Crippen molar-refractivity contribution in [3.8, 4) is 0 Å². The zero-order valence-corrected chi connectivity index (χ0v) is 11.2. The number of nitrogens with one attached hydrogen (secondary N) is 2. The molecule has 1 fully saturated rings. The quantitative estimate of drug-likeness (QED) is 0.739. The van der Waals surface area contributed by atoms with Crippen molar-refractivity contribution in [2.24, 2.45) is 0 Å². The van der Waals surface area contributed by atoms with Gasteiger partial charge in [0.15, 0.2) is 9.84 Å². The van der Waals surface area contributed by atoms with E-state index in [1.54, 1.807) is 0 Å². The topological polar surface area (TPSA) is 75.3 Å². The second kappa shape index (κ2) is 6.42. The highest BCUT2D eigenvalue weighted by Crippen LogP contribution is 2.04. The van der Waals surface area contributed by atoms with Gasteiger partial charge in [0, 0.05) is 18.8 Å². The molecular weight excluding hydrogens is 252 g/mol. The average Bonchev–Trinajstić information content (AvgIpc) is 2.16. The van der Waals surface area contributed by atoms with E-state index in [0.717, 1.165) is 32.2 Å². The van der Waals surface area contributed by atoms with E-state index in [-0.39, 0.29) is 18.4 Å². The molecule has 0 aromatic rings. The van der Waals surface area contributed by atoms with Crippen LogP contribution in [0.2, 0.25) is 0 Å². The number of sulfone groups is 1. The normalized spacial score (nSPS) is 23.0. The highest BCUT2D eigenvalue weighted by atomic mass is 35.5. The summed E-state index contributed by atoms with van der Waals surface area (Å²) in [6, 6.07) is 0.0652. The van der Waals surface area contributed by atoms with Crippen molar-refractivity contribution >= 4 is 28.2 Å². The molecule has 2 N–H and O–H groups in total. The molecule has 96 valence electrons. The van der Waals surface area contributed by atoms with Gasteiger partial charge in [-0.2, -0.15) is 0 Å². The summed E-state index contributed by atoms with van der Waals surface area (Å²) in [6.07, 6.45) is 3.00. The number of carbonyl (C=O) groups excluding carboxylic acids is 1. The molecular formula is C9H19ClN2O3S. The Morgan fingerprint density at radius 2 is 2.12 bits per heavy atom. The minimum atomic E-state index is -3.29. The maximum atomic E-state index is 11.5. The standard InChI is InChI=1S/C9H18N2O3S.ClH/c1-7(15(2,13)14)9(12)11-8-4-3-5-10-6-8;/h7-8,10H,3-6H2,1-2H3,(H,11,12);1H/t7?,8-;/m0./s1. The van der Waals surface area contributed by atoms with E-state index in [4.69, 9.17) is 0 Å². The Balaban J connectivity index is 0.00000225. The van der Waals surface area contributed by atoms with Crippen LogP contribution in [0.15, 0.2) is 0 Å². The van der Waals surface area contributed by atoms with Gasteiger partial charge in [0.2, 0.25) is 5.91 Å². The van der Waals surface area contributed by atoms with Crippen LogP contribution in [-0.2, 0) is 14.6 Å². The van der Waals surface area contributed by atoms with Gasteiger partial charge in [0.25, 0.3) is 0 Å². The molecule has 0 bridgehead atoms. The highest BCUT2D eigenvalue weighted by Gasteiger charge is 2.25. The molecule has 0 spiro atoms. The number of piperidine rings is 1. The number of rotatable bonds is 3. The van der Waals surface area contributed by atoms with Crippen molar-refractivity contribution in [1.29, 1.82) is 0 Å². The van der Waals surface area contributed by atoms with E-state index >= 15 is 0 Å². The van der Waals surface area contributed by atoms with E-state index in [1.165, 1.54) is 6.92 Å². The third-order valence-electron chi connectivity index (χ3n) is 2.65. The van der Waals surface area contributed by atoms with Gasteiger partial charge in [0.1, 0.15) is 5.25 Å². The summed E-state index contributed by atoms with van der Waals surface area (Å²) < 4.78 is 22.3. The van der Waals surface area contributed by atoms with Crippen molar-refractivity contribution in [2.75, 3.05) is 19.3 Å². The Morgan fingerprint density at radius 3 is 2.56 bits per heavy atom. The number of halogens is 1. The minimum absolute atomic E-state index is 0. The molecule has 1 aliphatic heterocycles. The molecule has 1 unspecified atom stereocenters. The van der Waals surface area contributed by atoms with E-state index in [2.05, 4.69) is 10.6 Å².